The van der Waals surface area contributed by atoms with Gasteiger partial charge in [-0.25, -0.2) is 0 Å². The van der Waals surface area contributed by atoms with Crippen LogP contribution in [0.1, 0.15) is 12.2 Å². The van der Waals surface area contributed by atoms with Gasteiger partial charge in [0, 0.05) is 28.2 Å². The number of carboxylic acid groups (broad SMARTS) is 1. The molecule has 2 aromatic rings. The van der Waals surface area contributed by atoms with Crippen molar-refractivity contribution in [1.82, 2.24) is 4.90 Å². The molecule has 1 aliphatic heterocycles. The molecular formula is C17H11Cl2NO4S2. The maximum Gasteiger partial charge on any atom is 0.305 e. The van der Waals surface area contributed by atoms with Gasteiger partial charge in [-0.2, -0.15) is 0 Å². The van der Waals surface area contributed by atoms with Crippen LogP contribution in [0.3, 0.4) is 0 Å². The Morgan fingerprint density at radius 1 is 1.27 bits per heavy atom. The van der Waals surface area contributed by atoms with Gasteiger partial charge >= 0.3 is 5.97 Å². The van der Waals surface area contributed by atoms with E-state index in [2.05, 4.69) is 0 Å². The van der Waals surface area contributed by atoms with Crippen molar-refractivity contribution in [2.45, 2.75) is 6.42 Å². The van der Waals surface area contributed by atoms with Gasteiger partial charge in [-0.1, -0.05) is 47.2 Å². The van der Waals surface area contributed by atoms with Gasteiger partial charge in [0.15, 0.2) is 0 Å². The Balaban J connectivity index is 1.81. The van der Waals surface area contributed by atoms with Crippen molar-refractivity contribution in [2.75, 3.05) is 6.54 Å². The van der Waals surface area contributed by atoms with E-state index in [9.17, 15) is 9.59 Å². The SMILES string of the molecule is O=C(O)CCN1C(=O)C(=Cc2ccc(-c3cc(Cl)cc(Cl)c3)o2)SC1=S. The molecule has 9 heteroatoms. The third kappa shape index (κ3) is 4.29. The number of hydrogen-bond donors (Lipinski definition) is 1. The van der Waals surface area contributed by atoms with Crippen LogP contribution in [0.4, 0.5) is 0 Å². The number of hydrogen-bond acceptors (Lipinski definition) is 5. The Morgan fingerprint density at radius 3 is 2.62 bits per heavy atom. The van der Waals surface area contributed by atoms with Gasteiger partial charge in [0.25, 0.3) is 5.91 Å². The van der Waals surface area contributed by atoms with Crippen molar-refractivity contribution in [3.63, 3.8) is 0 Å². The first kappa shape index (κ1) is 19.0. The molecule has 0 bridgehead atoms. The van der Waals surface area contributed by atoms with Gasteiger partial charge < -0.3 is 9.52 Å². The number of rotatable bonds is 5. The summed E-state index contributed by atoms with van der Waals surface area (Å²) in [5, 5.41) is 9.74. The zero-order valence-corrected chi connectivity index (χ0v) is 16.2. The number of thioether (sulfide) groups is 1. The van der Waals surface area contributed by atoms with Crippen LogP contribution in [0.5, 0.6) is 0 Å². The molecule has 1 aliphatic rings. The Labute approximate surface area is 168 Å². The summed E-state index contributed by atoms with van der Waals surface area (Å²) >= 11 is 18.3. The third-order valence-corrected chi connectivity index (χ3v) is 5.28. The molecule has 26 heavy (non-hydrogen) atoms. The molecule has 0 atom stereocenters. The quantitative estimate of drug-likeness (QED) is 0.538. The number of carboxylic acids is 1. The van der Waals surface area contributed by atoms with Crippen LogP contribution < -0.4 is 0 Å². The van der Waals surface area contributed by atoms with Crippen LogP contribution >= 0.6 is 47.2 Å². The molecule has 0 saturated carbocycles. The highest BCUT2D eigenvalue weighted by Gasteiger charge is 2.32. The first-order valence-corrected chi connectivity index (χ1v) is 9.35. The maximum atomic E-state index is 12.4. The second-order valence-electron chi connectivity index (χ2n) is 5.34. The molecule has 1 fully saturated rings. The van der Waals surface area contributed by atoms with E-state index in [0.29, 0.717) is 30.8 Å². The molecule has 1 aromatic heterocycles. The van der Waals surface area contributed by atoms with Crippen molar-refractivity contribution in [3.8, 4) is 11.3 Å². The molecule has 0 radical (unpaired) electrons. The molecule has 0 unspecified atom stereocenters. The monoisotopic (exact) mass is 427 g/mol. The number of benzene rings is 1. The lowest BCUT2D eigenvalue weighted by atomic mass is 10.2. The number of carbonyl (C=O) groups is 2. The maximum absolute atomic E-state index is 12.4. The van der Waals surface area contributed by atoms with Crippen molar-refractivity contribution in [2.24, 2.45) is 0 Å². The molecule has 1 saturated heterocycles. The van der Waals surface area contributed by atoms with E-state index in [1.54, 1.807) is 36.4 Å². The minimum absolute atomic E-state index is 0.0434. The zero-order valence-electron chi connectivity index (χ0n) is 13.1. The molecule has 2 heterocycles. The number of nitrogens with zero attached hydrogens (tertiary/aromatic N) is 1. The number of furan rings is 1. The molecule has 1 N–H and O–H groups in total. The lowest BCUT2D eigenvalue weighted by molar-refractivity contribution is -0.137. The topological polar surface area (TPSA) is 70.8 Å². The van der Waals surface area contributed by atoms with Crippen LogP contribution in [0.25, 0.3) is 17.4 Å². The lowest BCUT2D eigenvalue weighted by Crippen LogP contribution is -2.30. The third-order valence-electron chi connectivity index (χ3n) is 3.47. The number of thiocarbonyl (C=S) groups is 1. The summed E-state index contributed by atoms with van der Waals surface area (Å²) in [6, 6.07) is 8.54. The summed E-state index contributed by atoms with van der Waals surface area (Å²) < 4.78 is 6.07. The average Bonchev–Trinajstić information content (AvgIpc) is 3.11. The summed E-state index contributed by atoms with van der Waals surface area (Å²) in [6.07, 6.45) is 1.41. The van der Waals surface area contributed by atoms with E-state index in [1.807, 2.05) is 0 Å². The fourth-order valence-electron chi connectivity index (χ4n) is 2.31. The van der Waals surface area contributed by atoms with Crippen molar-refractivity contribution in [1.29, 1.82) is 0 Å². The van der Waals surface area contributed by atoms with E-state index in [0.717, 1.165) is 17.3 Å². The smallest absolute Gasteiger partial charge is 0.305 e. The van der Waals surface area contributed by atoms with E-state index in [-0.39, 0.29) is 18.9 Å². The number of halogens is 2. The Kier molecular flexibility index (Phi) is 5.72. The standard InChI is InChI=1S/C17H11Cl2NO4S2/c18-10-5-9(6-11(19)7-10)13-2-1-12(24-13)8-14-16(23)20(17(25)26-14)4-3-15(21)22/h1-2,5-8H,3-4H2,(H,21,22). The van der Waals surface area contributed by atoms with Gasteiger partial charge in [-0.3, -0.25) is 14.5 Å². The van der Waals surface area contributed by atoms with Crippen LogP contribution in [0, 0.1) is 0 Å². The van der Waals surface area contributed by atoms with Crippen LogP contribution in [0.2, 0.25) is 10.0 Å². The second-order valence-corrected chi connectivity index (χ2v) is 7.89. The van der Waals surface area contributed by atoms with Gasteiger partial charge in [0.05, 0.1) is 11.3 Å². The van der Waals surface area contributed by atoms with E-state index >= 15 is 0 Å². The lowest BCUT2D eigenvalue weighted by Gasteiger charge is -2.12. The van der Waals surface area contributed by atoms with Crippen LogP contribution in [-0.4, -0.2) is 32.7 Å². The molecule has 0 aliphatic carbocycles. The molecular weight excluding hydrogens is 417 g/mol. The fourth-order valence-corrected chi connectivity index (χ4v) is 4.13. The second kappa shape index (κ2) is 7.84. The fraction of sp³-hybridized carbons (Fsp3) is 0.118. The number of aliphatic carboxylic acids is 1. The van der Waals surface area contributed by atoms with Gasteiger partial charge in [0.1, 0.15) is 15.8 Å². The van der Waals surface area contributed by atoms with Crippen LogP contribution in [-0.2, 0) is 9.59 Å². The largest absolute Gasteiger partial charge is 0.481 e. The molecule has 134 valence electrons. The van der Waals surface area contributed by atoms with Gasteiger partial charge in [-0.05, 0) is 30.3 Å². The van der Waals surface area contributed by atoms with E-state index in [4.69, 9.17) is 44.9 Å². The molecule has 0 spiro atoms. The predicted octanol–water partition coefficient (Wildman–Crippen LogP) is 4.93. The predicted molar refractivity (Wildman–Crippen MR) is 106 cm³/mol. The first-order chi connectivity index (χ1) is 12.3. The minimum Gasteiger partial charge on any atom is -0.481 e. The highest BCUT2D eigenvalue weighted by atomic mass is 35.5. The van der Waals surface area contributed by atoms with Gasteiger partial charge in [0.2, 0.25) is 0 Å². The minimum atomic E-state index is -0.987. The highest BCUT2D eigenvalue weighted by molar-refractivity contribution is 8.26. The summed E-state index contributed by atoms with van der Waals surface area (Å²) in [4.78, 5) is 24.7. The van der Waals surface area contributed by atoms with Crippen molar-refractivity contribution < 1.29 is 19.1 Å². The summed E-state index contributed by atoms with van der Waals surface area (Å²) in [5.74, 6) is -0.291. The van der Waals surface area contributed by atoms with Crippen molar-refractivity contribution >= 4 is 69.5 Å². The van der Waals surface area contributed by atoms with E-state index < -0.39 is 5.97 Å². The Hall–Kier alpha value is -1.80. The molecule has 3 rings (SSSR count). The Morgan fingerprint density at radius 2 is 1.96 bits per heavy atom. The molecule has 1 amide bonds. The average molecular weight is 428 g/mol. The van der Waals surface area contributed by atoms with E-state index in [1.165, 1.54) is 4.90 Å². The molecule has 5 nitrogen and oxygen atoms in total. The Bertz CT molecular complexity index is 918. The zero-order chi connectivity index (χ0) is 18.8. The number of amides is 1. The number of carbonyl (C=O) groups excluding carboxylic acids is 1. The summed E-state index contributed by atoms with van der Waals surface area (Å²) in [6.45, 7) is 0.0434. The first-order valence-electron chi connectivity index (χ1n) is 7.37. The van der Waals surface area contributed by atoms with Crippen LogP contribution in [0.15, 0.2) is 39.7 Å². The van der Waals surface area contributed by atoms with Crippen molar-refractivity contribution in [3.05, 3.63) is 51.0 Å². The molecule has 1 aromatic carbocycles. The normalized spacial score (nSPS) is 15.9. The van der Waals surface area contributed by atoms with Gasteiger partial charge in [-0.15, -0.1) is 0 Å². The highest BCUT2D eigenvalue weighted by Crippen LogP contribution is 2.34. The summed E-state index contributed by atoms with van der Waals surface area (Å²) in [5.41, 5.74) is 0.719. The summed E-state index contributed by atoms with van der Waals surface area (Å²) in [7, 11) is 0.